The topological polar surface area (TPSA) is 30.7 Å². The monoisotopic (exact) mass is 325 g/mol. The van der Waals surface area contributed by atoms with Crippen LogP contribution in [0.15, 0.2) is 35.1 Å². The Morgan fingerprint density at radius 1 is 1.33 bits per heavy atom. The van der Waals surface area contributed by atoms with E-state index >= 15 is 0 Å². The predicted octanol–water partition coefficient (Wildman–Crippen LogP) is 4.03. The van der Waals surface area contributed by atoms with Gasteiger partial charge in [-0.25, -0.2) is 0 Å². The molecule has 1 heterocycles. The third-order valence-electron chi connectivity index (χ3n) is 2.65. The molecule has 0 amide bonds. The van der Waals surface area contributed by atoms with E-state index in [4.69, 9.17) is 11.6 Å². The van der Waals surface area contributed by atoms with E-state index in [0.29, 0.717) is 0 Å². The van der Waals surface area contributed by atoms with Gasteiger partial charge in [0.1, 0.15) is 6.33 Å². The summed E-state index contributed by atoms with van der Waals surface area (Å²) < 4.78 is 3.00. The van der Waals surface area contributed by atoms with E-state index < -0.39 is 0 Å². The molecule has 0 atom stereocenters. The molecule has 5 heteroatoms. The first kappa shape index (κ1) is 13.3. The molecule has 0 unspecified atom stereocenters. The van der Waals surface area contributed by atoms with Crippen LogP contribution in [0.25, 0.3) is 5.57 Å². The number of aryl methyl sites for hydroxylation is 1. The highest BCUT2D eigenvalue weighted by atomic mass is 79.9. The first-order chi connectivity index (χ1) is 8.63. The number of nitrogens with zero attached hydrogens (tertiary/aromatic N) is 3. The highest BCUT2D eigenvalue weighted by Crippen LogP contribution is 2.30. The van der Waals surface area contributed by atoms with Gasteiger partial charge in [-0.15, -0.1) is 10.2 Å². The molecule has 0 saturated carbocycles. The van der Waals surface area contributed by atoms with E-state index in [2.05, 4.69) is 33.1 Å². The van der Waals surface area contributed by atoms with Crippen LogP contribution in [0.3, 0.4) is 0 Å². The Kier molecular flexibility index (Phi) is 4.19. The molecular formula is C13H13BrClN3. The molecule has 18 heavy (non-hydrogen) atoms. The normalized spacial score (nSPS) is 12.4. The number of allylic oxidation sites excluding steroid dienone is 1. The summed E-state index contributed by atoms with van der Waals surface area (Å²) in [6.07, 6.45) is 2.59. The number of aromatic nitrogens is 3. The van der Waals surface area contributed by atoms with Crippen LogP contribution in [0.1, 0.15) is 24.7 Å². The second kappa shape index (κ2) is 5.67. The van der Waals surface area contributed by atoms with Gasteiger partial charge in [0.25, 0.3) is 0 Å². The summed E-state index contributed by atoms with van der Waals surface area (Å²) in [5, 5.41) is 8.84. The van der Waals surface area contributed by atoms with Gasteiger partial charge in [0.05, 0.1) is 0 Å². The molecule has 1 aromatic carbocycles. The van der Waals surface area contributed by atoms with Crippen LogP contribution in [0.5, 0.6) is 0 Å². The zero-order valence-electron chi connectivity index (χ0n) is 10.2. The minimum Gasteiger partial charge on any atom is -0.317 e. The van der Waals surface area contributed by atoms with Gasteiger partial charge < -0.3 is 4.57 Å². The average molecular weight is 327 g/mol. The molecule has 94 valence electrons. The molecule has 0 radical (unpaired) electrons. The maximum atomic E-state index is 5.93. The van der Waals surface area contributed by atoms with E-state index in [1.165, 1.54) is 0 Å². The molecule has 0 fully saturated rings. The van der Waals surface area contributed by atoms with Crippen molar-refractivity contribution in [2.75, 3.05) is 0 Å². The van der Waals surface area contributed by atoms with E-state index in [1.54, 1.807) is 6.33 Å². The molecule has 0 spiro atoms. The molecule has 0 saturated heterocycles. The summed E-state index contributed by atoms with van der Waals surface area (Å²) in [5.74, 6) is 0.839. The maximum Gasteiger partial charge on any atom is 0.164 e. The molecule has 0 bridgehead atoms. The quantitative estimate of drug-likeness (QED) is 0.852. The van der Waals surface area contributed by atoms with Crippen molar-refractivity contribution in [3.63, 3.8) is 0 Å². The maximum absolute atomic E-state index is 5.93. The first-order valence-electron chi connectivity index (χ1n) is 5.62. The number of halogens is 2. The minimum absolute atomic E-state index is 0.726. The molecule has 2 aromatic rings. The summed E-state index contributed by atoms with van der Waals surface area (Å²) in [7, 11) is 1.93. The molecule has 0 aliphatic rings. The van der Waals surface area contributed by atoms with Gasteiger partial charge in [-0.05, 0) is 24.1 Å². The standard InChI is InChI=1S/C13H13BrClN3/c1-3-11(14)12(13-17-16-8-18(13)2)9-4-6-10(15)7-5-9/h4-8H,3H2,1-2H3/b12-11+. The van der Waals surface area contributed by atoms with E-state index in [-0.39, 0.29) is 0 Å². The van der Waals surface area contributed by atoms with Gasteiger partial charge in [-0.1, -0.05) is 46.6 Å². The Morgan fingerprint density at radius 2 is 2.00 bits per heavy atom. The molecule has 0 aliphatic carbocycles. The van der Waals surface area contributed by atoms with Crippen molar-refractivity contribution < 1.29 is 0 Å². The van der Waals surface area contributed by atoms with E-state index in [0.717, 1.165) is 32.9 Å². The molecule has 0 N–H and O–H groups in total. The lowest BCUT2D eigenvalue weighted by molar-refractivity contribution is 0.888. The fourth-order valence-corrected chi connectivity index (χ4v) is 2.24. The highest BCUT2D eigenvalue weighted by Gasteiger charge is 2.14. The number of rotatable bonds is 3. The predicted molar refractivity (Wildman–Crippen MR) is 77.7 cm³/mol. The summed E-state index contributed by atoms with van der Waals surface area (Å²) in [6, 6.07) is 7.74. The molecule has 0 aliphatic heterocycles. The van der Waals surface area contributed by atoms with Gasteiger partial charge in [-0.3, -0.25) is 0 Å². The van der Waals surface area contributed by atoms with E-state index in [1.807, 2.05) is 35.9 Å². The van der Waals surface area contributed by atoms with Crippen molar-refractivity contribution in [3.05, 3.63) is 51.5 Å². The van der Waals surface area contributed by atoms with Crippen LogP contribution in [0.4, 0.5) is 0 Å². The minimum atomic E-state index is 0.726. The van der Waals surface area contributed by atoms with Gasteiger partial charge in [0, 0.05) is 22.1 Å². The average Bonchev–Trinajstić information content (AvgIpc) is 2.78. The van der Waals surface area contributed by atoms with Crippen LogP contribution < -0.4 is 0 Å². The lowest BCUT2D eigenvalue weighted by Gasteiger charge is -2.10. The Labute approximate surface area is 120 Å². The van der Waals surface area contributed by atoms with Gasteiger partial charge in [0.2, 0.25) is 0 Å². The smallest absolute Gasteiger partial charge is 0.164 e. The Bertz CT molecular complexity index is 572. The number of hydrogen-bond acceptors (Lipinski definition) is 2. The third kappa shape index (κ3) is 2.65. The van der Waals surface area contributed by atoms with Crippen molar-refractivity contribution in [2.45, 2.75) is 13.3 Å². The van der Waals surface area contributed by atoms with Crippen molar-refractivity contribution in [2.24, 2.45) is 7.05 Å². The Balaban J connectivity index is 2.58. The lowest BCUT2D eigenvalue weighted by Crippen LogP contribution is -1.99. The first-order valence-corrected chi connectivity index (χ1v) is 6.79. The van der Waals surface area contributed by atoms with Gasteiger partial charge >= 0.3 is 0 Å². The zero-order chi connectivity index (χ0) is 13.1. The fourth-order valence-electron chi connectivity index (χ4n) is 1.71. The van der Waals surface area contributed by atoms with Crippen molar-refractivity contribution >= 4 is 33.1 Å². The summed E-state index contributed by atoms with van der Waals surface area (Å²) in [5.41, 5.74) is 2.12. The second-order valence-corrected chi connectivity index (χ2v) is 5.30. The van der Waals surface area contributed by atoms with Gasteiger partial charge in [-0.2, -0.15) is 0 Å². The van der Waals surface area contributed by atoms with Crippen LogP contribution in [0, 0.1) is 0 Å². The fraction of sp³-hybridized carbons (Fsp3) is 0.231. The van der Waals surface area contributed by atoms with E-state index in [9.17, 15) is 0 Å². The summed E-state index contributed by atoms with van der Waals surface area (Å²) >= 11 is 9.54. The Morgan fingerprint density at radius 3 is 2.50 bits per heavy atom. The SMILES string of the molecule is CC/C(Br)=C(/c1ccc(Cl)cc1)c1nncn1C. The summed E-state index contributed by atoms with van der Waals surface area (Å²) in [4.78, 5) is 0. The molecular weight excluding hydrogens is 314 g/mol. The largest absolute Gasteiger partial charge is 0.317 e. The molecule has 3 nitrogen and oxygen atoms in total. The van der Waals surface area contributed by atoms with Crippen LogP contribution in [-0.2, 0) is 7.05 Å². The molecule has 1 aromatic heterocycles. The van der Waals surface area contributed by atoms with Crippen molar-refractivity contribution in [1.29, 1.82) is 0 Å². The lowest BCUT2D eigenvalue weighted by atomic mass is 10.0. The number of benzene rings is 1. The zero-order valence-corrected chi connectivity index (χ0v) is 12.5. The Hall–Kier alpha value is -1.13. The summed E-state index contributed by atoms with van der Waals surface area (Å²) in [6.45, 7) is 2.09. The van der Waals surface area contributed by atoms with Crippen LogP contribution >= 0.6 is 27.5 Å². The third-order valence-corrected chi connectivity index (χ3v) is 3.86. The van der Waals surface area contributed by atoms with Crippen LogP contribution in [0.2, 0.25) is 5.02 Å². The highest BCUT2D eigenvalue weighted by molar-refractivity contribution is 9.11. The van der Waals surface area contributed by atoms with Crippen molar-refractivity contribution in [1.82, 2.24) is 14.8 Å². The number of hydrogen-bond donors (Lipinski definition) is 0. The molecule has 2 rings (SSSR count). The van der Waals surface area contributed by atoms with Crippen LogP contribution in [-0.4, -0.2) is 14.8 Å². The van der Waals surface area contributed by atoms with Gasteiger partial charge in [0.15, 0.2) is 5.82 Å². The second-order valence-electron chi connectivity index (χ2n) is 3.91. The van der Waals surface area contributed by atoms with Crippen molar-refractivity contribution in [3.8, 4) is 0 Å².